The number of benzene rings is 1. The molecule has 1 amide bonds. The van der Waals surface area contributed by atoms with Gasteiger partial charge in [0.25, 0.3) is 0 Å². The van der Waals surface area contributed by atoms with E-state index in [0.717, 1.165) is 5.56 Å². The first-order chi connectivity index (χ1) is 10.1. The summed E-state index contributed by atoms with van der Waals surface area (Å²) in [5.74, 6) is -1.13. The lowest BCUT2D eigenvalue weighted by Gasteiger charge is -2.17. The largest absolute Gasteiger partial charge is 0.550 e. The van der Waals surface area contributed by atoms with Crippen molar-refractivity contribution in [1.29, 1.82) is 0 Å². The van der Waals surface area contributed by atoms with Gasteiger partial charge >= 0.3 is 0 Å². The number of amides is 1. The molecule has 0 unspecified atom stereocenters. The summed E-state index contributed by atoms with van der Waals surface area (Å²) in [6, 6.07) is 12.6. The van der Waals surface area contributed by atoms with Crippen molar-refractivity contribution >= 4 is 11.9 Å². The van der Waals surface area contributed by atoms with Gasteiger partial charge < -0.3 is 19.6 Å². The van der Waals surface area contributed by atoms with Gasteiger partial charge in [-0.25, -0.2) is 0 Å². The minimum atomic E-state index is -1.16. The maximum Gasteiger partial charge on any atom is 0.220 e. The molecule has 1 N–H and O–H groups in total. The third kappa shape index (κ3) is 4.80. The monoisotopic (exact) mass is 286 g/mol. The Hall–Kier alpha value is -2.56. The average Bonchev–Trinajstić information content (AvgIpc) is 2.98. The van der Waals surface area contributed by atoms with Crippen LogP contribution in [0.15, 0.2) is 53.1 Å². The van der Waals surface area contributed by atoms with Gasteiger partial charge in [0.1, 0.15) is 5.76 Å². The Labute approximate surface area is 122 Å². The fourth-order valence-electron chi connectivity index (χ4n) is 2.13. The summed E-state index contributed by atoms with van der Waals surface area (Å²) in [6.45, 7) is 0.290. The third-order valence-corrected chi connectivity index (χ3v) is 3.16. The van der Waals surface area contributed by atoms with Gasteiger partial charge in [-0.2, -0.15) is 0 Å². The van der Waals surface area contributed by atoms with E-state index in [0.29, 0.717) is 12.3 Å². The van der Waals surface area contributed by atoms with Crippen LogP contribution in [0.1, 0.15) is 30.1 Å². The van der Waals surface area contributed by atoms with Gasteiger partial charge in [0.15, 0.2) is 0 Å². The SMILES string of the molecule is O=C([O-])C[C@@H](CC(=O)NCc1ccco1)c1ccccc1. The Morgan fingerprint density at radius 2 is 1.86 bits per heavy atom. The molecule has 1 aromatic carbocycles. The molecule has 0 aliphatic carbocycles. The molecule has 5 heteroatoms. The standard InChI is InChI=1S/C16H17NO4/c18-15(17-11-14-7-4-8-21-14)9-13(10-16(19)20)12-5-2-1-3-6-12/h1-8,13H,9-11H2,(H,17,18)(H,19,20)/p-1/t13-/m1/s1. The molecule has 2 aromatic rings. The Balaban J connectivity index is 1.94. The Bertz CT molecular complexity index is 578. The first-order valence-corrected chi connectivity index (χ1v) is 6.69. The van der Waals surface area contributed by atoms with E-state index in [2.05, 4.69) is 5.32 Å². The number of nitrogens with one attached hydrogen (secondary N) is 1. The number of carboxylic acid groups (broad SMARTS) is 1. The van der Waals surface area contributed by atoms with Crippen LogP contribution in [0.5, 0.6) is 0 Å². The van der Waals surface area contributed by atoms with E-state index in [1.165, 1.54) is 6.26 Å². The van der Waals surface area contributed by atoms with Crippen LogP contribution in [-0.4, -0.2) is 11.9 Å². The summed E-state index contributed by atoms with van der Waals surface area (Å²) in [7, 11) is 0. The highest BCUT2D eigenvalue weighted by Crippen LogP contribution is 2.22. The van der Waals surface area contributed by atoms with Gasteiger partial charge in [0, 0.05) is 12.4 Å². The molecule has 0 aliphatic rings. The third-order valence-electron chi connectivity index (χ3n) is 3.16. The van der Waals surface area contributed by atoms with Gasteiger partial charge in [-0.15, -0.1) is 0 Å². The van der Waals surface area contributed by atoms with Crippen LogP contribution in [0.3, 0.4) is 0 Å². The lowest BCUT2D eigenvalue weighted by atomic mass is 9.92. The van der Waals surface area contributed by atoms with Crippen molar-refractivity contribution in [2.24, 2.45) is 0 Å². The van der Waals surface area contributed by atoms with Crippen LogP contribution in [0.25, 0.3) is 0 Å². The van der Waals surface area contributed by atoms with Crippen LogP contribution in [-0.2, 0) is 16.1 Å². The zero-order chi connectivity index (χ0) is 15.1. The summed E-state index contributed by atoms with van der Waals surface area (Å²) < 4.78 is 5.12. The first kappa shape index (κ1) is 14.8. The van der Waals surface area contributed by atoms with Crippen LogP contribution in [0.2, 0.25) is 0 Å². The van der Waals surface area contributed by atoms with Crippen molar-refractivity contribution < 1.29 is 19.1 Å². The number of carbonyl (C=O) groups is 2. The second-order valence-corrected chi connectivity index (χ2v) is 4.74. The van der Waals surface area contributed by atoms with Crippen LogP contribution < -0.4 is 10.4 Å². The first-order valence-electron chi connectivity index (χ1n) is 6.69. The van der Waals surface area contributed by atoms with Crippen LogP contribution in [0, 0.1) is 0 Å². The highest BCUT2D eigenvalue weighted by molar-refractivity contribution is 5.78. The summed E-state index contributed by atoms with van der Waals surface area (Å²) >= 11 is 0. The molecule has 0 aliphatic heterocycles. The van der Waals surface area contributed by atoms with Crippen molar-refractivity contribution in [3.63, 3.8) is 0 Å². The highest BCUT2D eigenvalue weighted by atomic mass is 16.4. The van der Waals surface area contributed by atoms with Crippen molar-refractivity contribution in [2.45, 2.75) is 25.3 Å². The van der Waals surface area contributed by atoms with E-state index in [1.54, 1.807) is 12.1 Å². The maximum absolute atomic E-state index is 11.9. The summed E-state index contributed by atoms with van der Waals surface area (Å²) in [5, 5.41) is 13.6. The molecule has 1 aromatic heterocycles. The van der Waals surface area contributed by atoms with E-state index < -0.39 is 11.9 Å². The van der Waals surface area contributed by atoms with Crippen LogP contribution in [0.4, 0.5) is 0 Å². The van der Waals surface area contributed by atoms with Gasteiger partial charge in [-0.05, 0) is 30.0 Å². The van der Waals surface area contributed by atoms with Gasteiger partial charge in [0.2, 0.25) is 5.91 Å². The van der Waals surface area contributed by atoms with Crippen molar-refractivity contribution in [3.8, 4) is 0 Å². The molecule has 0 bridgehead atoms. The molecule has 1 heterocycles. The number of hydrogen-bond donors (Lipinski definition) is 1. The summed E-state index contributed by atoms with van der Waals surface area (Å²) in [6.07, 6.45) is 1.45. The predicted molar refractivity (Wildman–Crippen MR) is 74.0 cm³/mol. The molecular formula is C16H16NO4-. The molecule has 0 fully saturated rings. The zero-order valence-electron chi connectivity index (χ0n) is 11.5. The number of carbonyl (C=O) groups excluding carboxylic acids is 2. The van der Waals surface area contributed by atoms with Gasteiger partial charge in [-0.3, -0.25) is 4.79 Å². The minimum absolute atomic E-state index is 0.0959. The fourth-order valence-corrected chi connectivity index (χ4v) is 2.13. The van der Waals surface area contributed by atoms with Gasteiger partial charge in [-0.1, -0.05) is 30.3 Å². The topological polar surface area (TPSA) is 82.4 Å². The quantitative estimate of drug-likeness (QED) is 0.829. The smallest absolute Gasteiger partial charge is 0.220 e. The fraction of sp³-hybridized carbons (Fsp3) is 0.250. The number of carboxylic acids is 1. The Kier molecular flexibility index (Phi) is 5.15. The van der Waals surface area contributed by atoms with Crippen LogP contribution >= 0.6 is 0 Å². The molecule has 0 saturated heterocycles. The highest BCUT2D eigenvalue weighted by Gasteiger charge is 2.16. The Morgan fingerprint density at radius 1 is 1.10 bits per heavy atom. The van der Waals surface area contributed by atoms with E-state index in [9.17, 15) is 14.7 Å². The maximum atomic E-state index is 11.9. The number of hydrogen-bond acceptors (Lipinski definition) is 4. The number of aliphatic carboxylic acids is 1. The summed E-state index contributed by atoms with van der Waals surface area (Å²) in [5.41, 5.74) is 0.815. The minimum Gasteiger partial charge on any atom is -0.550 e. The van der Waals surface area contributed by atoms with E-state index in [1.807, 2.05) is 30.3 Å². The molecule has 1 atom stereocenters. The lowest BCUT2D eigenvalue weighted by molar-refractivity contribution is -0.306. The van der Waals surface area contributed by atoms with Gasteiger partial charge in [0.05, 0.1) is 12.8 Å². The van der Waals surface area contributed by atoms with E-state index in [4.69, 9.17) is 4.42 Å². The molecule has 0 radical (unpaired) electrons. The molecule has 5 nitrogen and oxygen atoms in total. The van der Waals surface area contributed by atoms with E-state index >= 15 is 0 Å². The lowest BCUT2D eigenvalue weighted by Crippen LogP contribution is -2.28. The Morgan fingerprint density at radius 3 is 2.48 bits per heavy atom. The molecule has 110 valence electrons. The van der Waals surface area contributed by atoms with E-state index in [-0.39, 0.29) is 18.7 Å². The molecular weight excluding hydrogens is 270 g/mol. The molecule has 0 saturated carbocycles. The second kappa shape index (κ2) is 7.28. The summed E-state index contributed by atoms with van der Waals surface area (Å²) in [4.78, 5) is 22.8. The molecule has 2 rings (SSSR count). The number of furan rings is 1. The molecule has 21 heavy (non-hydrogen) atoms. The van der Waals surface area contributed by atoms with Crippen molar-refractivity contribution in [1.82, 2.24) is 5.32 Å². The average molecular weight is 286 g/mol. The van der Waals surface area contributed by atoms with Crippen molar-refractivity contribution in [3.05, 3.63) is 60.1 Å². The normalized spacial score (nSPS) is 11.8. The van der Waals surface area contributed by atoms with Crippen molar-refractivity contribution in [2.75, 3.05) is 0 Å². The molecule has 0 spiro atoms. The number of rotatable bonds is 7. The second-order valence-electron chi connectivity index (χ2n) is 4.74. The zero-order valence-corrected chi connectivity index (χ0v) is 11.5. The predicted octanol–water partition coefficient (Wildman–Crippen LogP) is 1.21.